The van der Waals surface area contributed by atoms with Gasteiger partial charge in [0.25, 0.3) is 0 Å². The van der Waals surface area contributed by atoms with Crippen molar-refractivity contribution in [3.05, 3.63) is 29.8 Å². The van der Waals surface area contributed by atoms with Crippen LogP contribution in [0.15, 0.2) is 29.3 Å². The molecule has 0 bridgehead atoms. The van der Waals surface area contributed by atoms with Gasteiger partial charge in [-0.05, 0) is 37.9 Å². The Bertz CT molecular complexity index is 467. The number of hydrogen-bond donors (Lipinski definition) is 2. The third-order valence-electron chi connectivity index (χ3n) is 3.92. The highest BCUT2D eigenvalue weighted by Gasteiger charge is 2.26. The van der Waals surface area contributed by atoms with E-state index in [1.807, 2.05) is 18.2 Å². The molecule has 4 heteroatoms. The van der Waals surface area contributed by atoms with Gasteiger partial charge in [0.05, 0.1) is 6.54 Å². The molecule has 2 N–H and O–H groups in total. The molecule has 1 saturated heterocycles. The van der Waals surface area contributed by atoms with Gasteiger partial charge in [-0.25, -0.2) is 0 Å². The molecule has 1 aromatic carbocycles. The van der Waals surface area contributed by atoms with E-state index in [2.05, 4.69) is 10.3 Å². The zero-order valence-electron chi connectivity index (χ0n) is 11.0. The molecule has 0 amide bonds. The maximum atomic E-state index is 9.84. The van der Waals surface area contributed by atoms with Gasteiger partial charge in [0.15, 0.2) is 5.90 Å². The molecule has 3 rings (SSSR count). The van der Waals surface area contributed by atoms with E-state index in [1.54, 1.807) is 6.07 Å². The van der Waals surface area contributed by atoms with Crippen molar-refractivity contribution in [1.29, 1.82) is 0 Å². The zero-order valence-corrected chi connectivity index (χ0v) is 11.0. The molecule has 0 aromatic heterocycles. The fraction of sp³-hybridized carbons (Fsp3) is 0.533. The van der Waals surface area contributed by atoms with Crippen molar-refractivity contribution in [3.63, 3.8) is 0 Å². The van der Waals surface area contributed by atoms with E-state index < -0.39 is 0 Å². The molecule has 0 spiro atoms. The number of hydrogen-bond acceptors (Lipinski definition) is 4. The molecule has 0 saturated carbocycles. The number of aromatic hydroxyl groups is 1. The second-order valence-electron chi connectivity index (χ2n) is 5.30. The number of nitrogens with one attached hydrogen (secondary N) is 1. The molecule has 19 heavy (non-hydrogen) atoms. The van der Waals surface area contributed by atoms with Crippen LogP contribution in [0.2, 0.25) is 0 Å². The first kappa shape index (κ1) is 12.5. The Morgan fingerprint density at radius 2 is 2.05 bits per heavy atom. The minimum absolute atomic E-state index is 0.113. The van der Waals surface area contributed by atoms with Crippen molar-refractivity contribution in [2.45, 2.75) is 25.4 Å². The second-order valence-corrected chi connectivity index (χ2v) is 5.30. The average Bonchev–Trinajstić information content (AvgIpc) is 2.89. The van der Waals surface area contributed by atoms with Crippen LogP contribution in [0.3, 0.4) is 0 Å². The quantitative estimate of drug-likeness (QED) is 0.876. The van der Waals surface area contributed by atoms with E-state index in [4.69, 9.17) is 4.74 Å². The Labute approximate surface area is 113 Å². The van der Waals surface area contributed by atoms with E-state index in [0.717, 1.165) is 31.0 Å². The van der Waals surface area contributed by atoms with Gasteiger partial charge in [0.1, 0.15) is 11.9 Å². The van der Waals surface area contributed by atoms with Crippen molar-refractivity contribution in [1.82, 2.24) is 5.32 Å². The third-order valence-corrected chi connectivity index (χ3v) is 3.92. The van der Waals surface area contributed by atoms with Gasteiger partial charge in [-0.3, -0.25) is 4.99 Å². The summed E-state index contributed by atoms with van der Waals surface area (Å²) in [7, 11) is 0. The summed E-state index contributed by atoms with van der Waals surface area (Å²) in [6.45, 7) is 2.82. The molecule has 1 unspecified atom stereocenters. The number of nitrogens with zero attached hydrogens (tertiary/aromatic N) is 1. The van der Waals surface area contributed by atoms with Crippen molar-refractivity contribution in [2.24, 2.45) is 10.9 Å². The summed E-state index contributed by atoms with van der Waals surface area (Å²) < 4.78 is 5.90. The van der Waals surface area contributed by atoms with Crippen molar-refractivity contribution < 1.29 is 9.84 Å². The summed E-state index contributed by atoms with van der Waals surface area (Å²) in [6, 6.07) is 7.35. The Morgan fingerprint density at radius 1 is 1.26 bits per heavy atom. The van der Waals surface area contributed by atoms with Crippen LogP contribution in [0, 0.1) is 5.92 Å². The average molecular weight is 260 g/mol. The molecule has 0 aliphatic carbocycles. The van der Waals surface area contributed by atoms with Crippen LogP contribution in [0.1, 0.15) is 30.9 Å². The third kappa shape index (κ3) is 2.89. The summed E-state index contributed by atoms with van der Waals surface area (Å²) in [5, 5.41) is 13.2. The van der Waals surface area contributed by atoms with Gasteiger partial charge in [-0.2, -0.15) is 0 Å². The molecule has 1 atom stereocenters. The number of rotatable bonds is 3. The minimum Gasteiger partial charge on any atom is -0.508 e. The van der Waals surface area contributed by atoms with Gasteiger partial charge in [0.2, 0.25) is 0 Å². The fourth-order valence-electron chi connectivity index (χ4n) is 2.79. The van der Waals surface area contributed by atoms with Crippen molar-refractivity contribution in [2.75, 3.05) is 19.6 Å². The van der Waals surface area contributed by atoms with Gasteiger partial charge in [-0.15, -0.1) is 0 Å². The lowest BCUT2D eigenvalue weighted by atomic mass is 9.95. The highest BCUT2D eigenvalue weighted by atomic mass is 16.5. The SMILES string of the molecule is Oc1ccccc1C1CN=C(CC2CCNCC2)O1. The molecule has 4 nitrogen and oxygen atoms in total. The highest BCUT2D eigenvalue weighted by Crippen LogP contribution is 2.31. The van der Waals surface area contributed by atoms with Crippen molar-refractivity contribution in [3.8, 4) is 5.75 Å². The van der Waals surface area contributed by atoms with Gasteiger partial charge in [-0.1, -0.05) is 18.2 Å². The second kappa shape index (κ2) is 5.61. The lowest BCUT2D eigenvalue weighted by Gasteiger charge is -2.22. The van der Waals surface area contributed by atoms with Gasteiger partial charge < -0.3 is 15.2 Å². The smallest absolute Gasteiger partial charge is 0.184 e. The molecule has 1 aromatic rings. The molecule has 2 aliphatic rings. The van der Waals surface area contributed by atoms with Crippen LogP contribution in [0.5, 0.6) is 5.75 Å². The predicted octanol–water partition coefficient (Wildman–Crippen LogP) is 2.25. The number of benzene rings is 1. The van der Waals surface area contributed by atoms with Crippen LogP contribution in [0.25, 0.3) is 0 Å². The van der Waals surface area contributed by atoms with Crippen LogP contribution in [0.4, 0.5) is 0 Å². The van der Waals surface area contributed by atoms with E-state index in [1.165, 1.54) is 12.8 Å². The Balaban J connectivity index is 1.58. The molecule has 2 heterocycles. The van der Waals surface area contributed by atoms with Crippen LogP contribution >= 0.6 is 0 Å². The maximum Gasteiger partial charge on any atom is 0.184 e. The lowest BCUT2D eigenvalue weighted by Crippen LogP contribution is -2.29. The fourth-order valence-corrected chi connectivity index (χ4v) is 2.79. The molecule has 102 valence electrons. The monoisotopic (exact) mass is 260 g/mol. The van der Waals surface area contributed by atoms with Crippen LogP contribution in [-0.4, -0.2) is 30.6 Å². The molecule has 0 radical (unpaired) electrons. The lowest BCUT2D eigenvalue weighted by molar-refractivity contribution is 0.212. The first-order valence-electron chi connectivity index (χ1n) is 7.01. The first-order chi connectivity index (χ1) is 9.33. The Morgan fingerprint density at radius 3 is 2.84 bits per heavy atom. The Kier molecular flexibility index (Phi) is 3.69. The normalized spacial score (nSPS) is 24.0. The summed E-state index contributed by atoms with van der Waals surface area (Å²) >= 11 is 0. The molecular weight excluding hydrogens is 240 g/mol. The number of piperidine rings is 1. The maximum absolute atomic E-state index is 9.84. The molecule has 2 aliphatic heterocycles. The summed E-state index contributed by atoms with van der Waals surface area (Å²) in [6.07, 6.45) is 3.22. The first-order valence-corrected chi connectivity index (χ1v) is 7.01. The molecule has 1 fully saturated rings. The van der Waals surface area contributed by atoms with Crippen molar-refractivity contribution >= 4 is 5.90 Å². The van der Waals surface area contributed by atoms with Crippen LogP contribution in [-0.2, 0) is 4.74 Å². The van der Waals surface area contributed by atoms with Gasteiger partial charge in [0, 0.05) is 12.0 Å². The molecular formula is C15H20N2O2. The number of phenols is 1. The van der Waals surface area contributed by atoms with Gasteiger partial charge >= 0.3 is 0 Å². The zero-order chi connectivity index (χ0) is 13.1. The predicted molar refractivity (Wildman–Crippen MR) is 74.4 cm³/mol. The van der Waals surface area contributed by atoms with E-state index >= 15 is 0 Å². The largest absolute Gasteiger partial charge is 0.508 e. The number of para-hydroxylation sites is 1. The van der Waals surface area contributed by atoms with E-state index in [0.29, 0.717) is 18.2 Å². The summed E-state index contributed by atoms with van der Waals surface area (Å²) in [4.78, 5) is 4.49. The number of phenolic OH excluding ortho intramolecular Hbond substituents is 1. The van der Waals surface area contributed by atoms with Crippen LogP contribution < -0.4 is 5.32 Å². The summed E-state index contributed by atoms with van der Waals surface area (Å²) in [5.41, 5.74) is 0.839. The topological polar surface area (TPSA) is 53.9 Å². The Hall–Kier alpha value is -1.55. The highest BCUT2D eigenvalue weighted by molar-refractivity contribution is 5.78. The standard InChI is InChI=1S/C15H20N2O2/c18-13-4-2-1-3-12(13)14-10-17-15(19-14)9-11-5-7-16-8-6-11/h1-4,11,14,16,18H,5-10H2. The van der Waals surface area contributed by atoms with E-state index in [9.17, 15) is 5.11 Å². The number of aliphatic imine (C=N–C) groups is 1. The van der Waals surface area contributed by atoms with E-state index in [-0.39, 0.29) is 6.10 Å². The summed E-state index contributed by atoms with van der Waals surface area (Å²) in [5.74, 6) is 1.84. The minimum atomic E-state index is -0.113. The number of ether oxygens (including phenoxy) is 1.